The molecule has 0 fully saturated rings. The smallest absolute Gasteiger partial charge is 0.154 e. The summed E-state index contributed by atoms with van der Waals surface area (Å²) in [7, 11) is -3.18. The van der Waals surface area contributed by atoms with E-state index in [-0.39, 0.29) is 23.7 Å². The maximum atomic E-state index is 11.8. The monoisotopic (exact) mass is 254 g/mol. The summed E-state index contributed by atoms with van der Waals surface area (Å²) >= 11 is 0. The van der Waals surface area contributed by atoms with E-state index in [0.717, 1.165) is 16.7 Å². The molecule has 0 bridgehead atoms. The maximum Gasteiger partial charge on any atom is 0.154 e. The molecule has 0 saturated carbocycles. The second-order valence-electron chi connectivity index (χ2n) is 4.54. The van der Waals surface area contributed by atoms with E-state index in [1.54, 1.807) is 0 Å². The third-order valence-electron chi connectivity index (χ3n) is 2.43. The third-order valence-corrected chi connectivity index (χ3v) is 4.03. The third kappa shape index (κ3) is 5.13. The van der Waals surface area contributed by atoms with Gasteiger partial charge >= 0.3 is 0 Å². The summed E-state index contributed by atoms with van der Waals surface area (Å²) in [6.45, 7) is 5.30. The first-order chi connectivity index (χ1) is 7.78. The van der Waals surface area contributed by atoms with E-state index >= 15 is 0 Å². The molecule has 0 aliphatic carbocycles. The molecule has 0 aliphatic rings. The summed E-state index contributed by atoms with van der Waals surface area (Å²) in [5.74, 6) is -0.132. The van der Waals surface area contributed by atoms with E-state index in [4.69, 9.17) is 0 Å². The Morgan fingerprint density at radius 3 is 2.12 bits per heavy atom. The molecule has 0 radical (unpaired) electrons. The van der Waals surface area contributed by atoms with Gasteiger partial charge in [0, 0.05) is 6.42 Å². The van der Waals surface area contributed by atoms with Gasteiger partial charge in [-0.2, -0.15) is 0 Å². The van der Waals surface area contributed by atoms with Crippen LogP contribution in [0.1, 0.15) is 30.0 Å². The van der Waals surface area contributed by atoms with Crippen LogP contribution in [0.4, 0.5) is 0 Å². The van der Waals surface area contributed by atoms with Gasteiger partial charge in [0.2, 0.25) is 0 Å². The van der Waals surface area contributed by atoms with Crippen LogP contribution in [0.25, 0.3) is 0 Å². The zero-order valence-corrected chi connectivity index (χ0v) is 11.3. The molecule has 0 amide bonds. The highest BCUT2D eigenvalue weighted by atomic mass is 32.2. The number of aryl methyl sites for hydroxylation is 2. The van der Waals surface area contributed by atoms with Crippen molar-refractivity contribution in [1.29, 1.82) is 0 Å². The van der Waals surface area contributed by atoms with Crippen molar-refractivity contribution < 1.29 is 13.2 Å². The van der Waals surface area contributed by atoms with Crippen molar-refractivity contribution >= 4 is 15.6 Å². The summed E-state index contributed by atoms with van der Waals surface area (Å²) in [4.78, 5) is 10.8. The first kappa shape index (κ1) is 13.9. The fourth-order valence-corrected chi connectivity index (χ4v) is 3.19. The molecule has 94 valence electrons. The Morgan fingerprint density at radius 2 is 1.65 bits per heavy atom. The fraction of sp³-hybridized carbons (Fsp3) is 0.462. The van der Waals surface area contributed by atoms with Crippen LogP contribution in [0.2, 0.25) is 0 Å². The number of carbonyl (C=O) groups excluding carboxylic acids is 1. The second kappa shape index (κ2) is 5.45. The van der Waals surface area contributed by atoms with Gasteiger partial charge in [-0.3, -0.25) is 4.79 Å². The van der Waals surface area contributed by atoms with Gasteiger partial charge < -0.3 is 0 Å². The van der Waals surface area contributed by atoms with Gasteiger partial charge in [0.15, 0.2) is 9.84 Å². The number of carbonyl (C=O) groups is 1. The first-order valence-electron chi connectivity index (χ1n) is 5.55. The lowest BCUT2D eigenvalue weighted by Crippen LogP contribution is -2.12. The summed E-state index contributed by atoms with van der Waals surface area (Å²) < 4.78 is 23.5. The average Bonchev–Trinajstić information content (AvgIpc) is 2.12. The zero-order chi connectivity index (χ0) is 13.1. The van der Waals surface area contributed by atoms with E-state index in [2.05, 4.69) is 0 Å². The molecule has 0 saturated heterocycles. The van der Waals surface area contributed by atoms with Crippen LogP contribution in [0.5, 0.6) is 0 Å². The molecule has 1 aromatic carbocycles. The predicted molar refractivity (Wildman–Crippen MR) is 68.7 cm³/mol. The van der Waals surface area contributed by atoms with Gasteiger partial charge in [-0.1, -0.05) is 29.3 Å². The molecular formula is C13H18O3S. The van der Waals surface area contributed by atoms with Gasteiger partial charge in [-0.25, -0.2) is 8.42 Å². The summed E-state index contributed by atoms with van der Waals surface area (Å²) in [5.41, 5.74) is 2.91. The quantitative estimate of drug-likeness (QED) is 0.809. The van der Waals surface area contributed by atoms with E-state index in [1.165, 1.54) is 6.92 Å². The molecule has 17 heavy (non-hydrogen) atoms. The first-order valence-corrected chi connectivity index (χ1v) is 7.38. The van der Waals surface area contributed by atoms with Crippen LogP contribution in [0.15, 0.2) is 18.2 Å². The molecule has 0 atom stereocenters. The molecule has 1 aromatic rings. The van der Waals surface area contributed by atoms with Crippen LogP contribution in [-0.4, -0.2) is 20.0 Å². The molecule has 0 spiro atoms. The van der Waals surface area contributed by atoms with Gasteiger partial charge in [0.1, 0.15) is 5.78 Å². The Kier molecular flexibility index (Phi) is 4.46. The Labute approximate surface area is 103 Å². The number of benzene rings is 1. The van der Waals surface area contributed by atoms with Crippen molar-refractivity contribution in [3.05, 3.63) is 34.9 Å². The van der Waals surface area contributed by atoms with Gasteiger partial charge in [0.25, 0.3) is 0 Å². The van der Waals surface area contributed by atoms with Crippen molar-refractivity contribution in [2.75, 3.05) is 5.75 Å². The van der Waals surface area contributed by atoms with Crippen molar-refractivity contribution in [1.82, 2.24) is 0 Å². The lowest BCUT2D eigenvalue weighted by Gasteiger charge is -2.06. The minimum Gasteiger partial charge on any atom is -0.300 e. The van der Waals surface area contributed by atoms with Crippen molar-refractivity contribution in [2.45, 2.75) is 32.9 Å². The second-order valence-corrected chi connectivity index (χ2v) is 6.72. The number of hydrogen-bond acceptors (Lipinski definition) is 3. The Hall–Kier alpha value is -1.16. The molecule has 0 N–H and O–H groups in total. The number of rotatable bonds is 5. The van der Waals surface area contributed by atoms with Crippen LogP contribution in [0, 0.1) is 13.8 Å². The van der Waals surface area contributed by atoms with E-state index in [9.17, 15) is 13.2 Å². The Balaban J connectivity index is 2.79. The van der Waals surface area contributed by atoms with E-state index in [0.29, 0.717) is 0 Å². The summed E-state index contributed by atoms with van der Waals surface area (Å²) in [6.07, 6.45) is 0.104. The number of hydrogen-bond donors (Lipinski definition) is 0. The highest BCUT2D eigenvalue weighted by Crippen LogP contribution is 2.13. The molecule has 0 aliphatic heterocycles. The van der Waals surface area contributed by atoms with E-state index < -0.39 is 9.84 Å². The molecule has 0 heterocycles. The lowest BCUT2D eigenvalue weighted by atomic mass is 10.1. The zero-order valence-electron chi connectivity index (χ0n) is 10.5. The summed E-state index contributed by atoms with van der Waals surface area (Å²) in [5, 5.41) is 0. The molecule has 1 rings (SSSR count). The number of ketones is 1. The van der Waals surface area contributed by atoms with Gasteiger partial charge in [0.05, 0.1) is 11.5 Å². The number of sulfone groups is 1. The molecule has 3 nitrogen and oxygen atoms in total. The summed E-state index contributed by atoms with van der Waals surface area (Å²) in [6, 6.07) is 5.75. The van der Waals surface area contributed by atoms with Crippen molar-refractivity contribution in [3.63, 3.8) is 0 Å². The standard InChI is InChI=1S/C13H18O3S/c1-10-6-11(2)8-13(7-10)9-17(15,16)5-4-12(3)14/h6-8H,4-5,9H2,1-3H3. The SMILES string of the molecule is CC(=O)CCS(=O)(=O)Cc1cc(C)cc(C)c1. The molecule has 4 heteroatoms. The molecule has 0 aromatic heterocycles. The van der Waals surface area contributed by atoms with Crippen LogP contribution in [0.3, 0.4) is 0 Å². The fourth-order valence-electron chi connectivity index (χ4n) is 1.78. The Bertz CT molecular complexity index is 495. The largest absolute Gasteiger partial charge is 0.300 e. The Morgan fingerprint density at radius 1 is 1.12 bits per heavy atom. The van der Waals surface area contributed by atoms with Crippen molar-refractivity contribution in [2.24, 2.45) is 0 Å². The normalized spacial score (nSPS) is 11.5. The van der Waals surface area contributed by atoms with E-state index in [1.807, 2.05) is 32.0 Å². The van der Waals surface area contributed by atoms with Crippen LogP contribution < -0.4 is 0 Å². The highest BCUT2D eigenvalue weighted by molar-refractivity contribution is 7.90. The minimum absolute atomic E-state index is 0.0167. The average molecular weight is 254 g/mol. The predicted octanol–water partition coefficient (Wildman–Crippen LogP) is 2.20. The lowest BCUT2D eigenvalue weighted by molar-refractivity contribution is -0.116. The van der Waals surface area contributed by atoms with Gasteiger partial charge in [-0.05, 0) is 26.3 Å². The molecule has 0 unspecified atom stereocenters. The van der Waals surface area contributed by atoms with Gasteiger partial charge in [-0.15, -0.1) is 0 Å². The van der Waals surface area contributed by atoms with Crippen LogP contribution >= 0.6 is 0 Å². The van der Waals surface area contributed by atoms with Crippen LogP contribution in [-0.2, 0) is 20.4 Å². The topological polar surface area (TPSA) is 51.2 Å². The highest BCUT2D eigenvalue weighted by Gasteiger charge is 2.13. The molecular weight excluding hydrogens is 236 g/mol. The van der Waals surface area contributed by atoms with Crippen molar-refractivity contribution in [3.8, 4) is 0 Å². The number of Topliss-reactive ketones (excluding diaryl/α,β-unsaturated/α-hetero) is 1. The minimum atomic E-state index is -3.18. The maximum absolute atomic E-state index is 11.8.